The lowest BCUT2D eigenvalue weighted by molar-refractivity contribution is 0.0986. The third-order valence-corrected chi connectivity index (χ3v) is 6.80. The number of nitrogens with zero attached hydrogens (tertiary/aromatic N) is 6. The molecule has 1 aromatic carbocycles. The molecule has 176 valence electrons. The van der Waals surface area contributed by atoms with E-state index in [0.717, 1.165) is 63.8 Å². The average Bonchev–Trinajstić information content (AvgIpc) is 3.26. The monoisotopic (exact) mass is 478 g/mol. The van der Waals surface area contributed by atoms with Gasteiger partial charge in [0.25, 0.3) is 0 Å². The molecule has 1 aliphatic rings. The molecule has 2 N–H and O–H groups in total. The topological polar surface area (TPSA) is 108 Å². The summed E-state index contributed by atoms with van der Waals surface area (Å²) < 4.78 is 1.93. The first-order valence-corrected chi connectivity index (χ1v) is 12.1. The number of anilines is 1. The second kappa shape index (κ2) is 9.96. The number of aromatic nitrogens is 4. The SMILES string of the molecule is CC(=NOCCO)c1ccc2nnc(Sc3ccc4ncc(N5CCC(O)CC5)cc4c3)n2c1. The Kier molecular flexibility index (Phi) is 6.61. The third kappa shape index (κ3) is 4.84. The van der Waals surface area contributed by atoms with E-state index in [4.69, 9.17) is 9.94 Å². The fraction of sp³-hybridized carbons (Fsp3) is 0.333. The molecule has 4 aromatic rings. The number of hydrogen-bond donors (Lipinski definition) is 2. The maximum Gasteiger partial charge on any atom is 0.200 e. The lowest BCUT2D eigenvalue weighted by atomic mass is 10.1. The van der Waals surface area contributed by atoms with Crippen molar-refractivity contribution in [3.8, 4) is 0 Å². The molecule has 0 aliphatic carbocycles. The van der Waals surface area contributed by atoms with Gasteiger partial charge in [-0.05, 0) is 67.9 Å². The van der Waals surface area contributed by atoms with Crippen molar-refractivity contribution in [2.75, 3.05) is 31.2 Å². The number of piperidine rings is 1. The molecule has 0 atom stereocenters. The molecule has 0 amide bonds. The third-order valence-electron chi connectivity index (χ3n) is 5.85. The van der Waals surface area contributed by atoms with Gasteiger partial charge in [0.15, 0.2) is 10.8 Å². The molecule has 34 heavy (non-hydrogen) atoms. The van der Waals surface area contributed by atoms with Crippen LogP contribution in [0.15, 0.2) is 64.0 Å². The van der Waals surface area contributed by atoms with E-state index in [1.54, 1.807) is 0 Å². The number of hydrogen-bond acceptors (Lipinski definition) is 9. The normalized spacial score (nSPS) is 15.4. The smallest absolute Gasteiger partial charge is 0.200 e. The minimum atomic E-state index is -0.200. The Hall–Kier alpha value is -3.21. The van der Waals surface area contributed by atoms with E-state index in [-0.39, 0.29) is 19.3 Å². The van der Waals surface area contributed by atoms with E-state index < -0.39 is 0 Å². The Bertz CT molecular complexity index is 1330. The summed E-state index contributed by atoms with van der Waals surface area (Å²) in [6, 6.07) is 12.2. The van der Waals surface area contributed by atoms with Crippen LogP contribution in [0.3, 0.4) is 0 Å². The predicted octanol–water partition coefficient (Wildman–Crippen LogP) is 3.12. The molecule has 4 heterocycles. The zero-order chi connectivity index (χ0) is 23.5. The molecular formula is C24H26N6O3S. The van der Waals surface area contributed by atoms with Crippen LogP contribution in [0.2, 0.25) is 0 Å². The van der Waals surface area contributed by atoms with E-state index >= 15 is 0 Å². The minimum Gasteiger partial charge on any atom is -0.393 e. The highest BCUT2D eigenvalue weighted by atomic mass is 32.2. The molecule has 0 radical (unpaired) electrons. The molecule has 1 fully saturated rings. The van der Waals surface area contributed by atoms with Crippen molar-refractivity contribution in [2.24, 2.45) is 5.16 Å². The van der Waals surface area contributed by atoms with Gasteiger partial charge in [-0.1, -0.05) is 5.16 Å². The molecule has 0 bridgehead atoms. The number of oxime groups is 1. The summed E-state index contributed by atoms with van der Waals surface area (Å²) in [4.78, 5) is 13.0. The molecule has 9 nitrogen and oxygen atoms in total. The molecule has 0 saturated carbocycles. The average molecular weight is 479 g/mol. The summed E-state index contributed by atoms with van der Waals surface area (Å²) in [6.45, 7) is 3.61. The Labute approximate surface area is 201 Å². The zero-order valence-corrected chi connectivity index (χ0v) is 19.6. The number of aliphatic hydroxyl groups is 2. The first kappa shape index (κ1) is 22.6. The summed E-state index contributed by atoms with van der Waals surface area (Å²) in [5.41, 5.74) is 4.35. The standard InChI is InChI=1S/C24H26N6O3S/c1-16(28-33-11-10-31)17-2-5-23-26-27-24(30(23)15-17)34-21-3-4-22-18(13-21)12-19(14-25-22)29-8-6-20(32)7-9-29/h2-5,12-15,20,31-32H,6-11H2,1H3. The quantitative estimate of drug-likeness (QED) is 0.237. The summed E-state index contributed by atoms with van der Waals surface area (Å²) in [5, 5.41) is 33.2. The minimum absolute atomic E-state index is 0.0774. The van der Waals surface area contributed by atoms with Crippen LogP contribution in [0, 0.1) is 0 Å². The number of pyridine rings is 2. The van der Waals surface area contributed by atoms with Gasteiger partial charge in [0.05, 0.1) is 35.8 Å². The molecule has 1 aliphatic heterocycles. The van der Waals surface area contributed by atoms with E-state index in [9.17, 15) is 5.11 Å². The van der Waals surface area contributed by atoms with Crippen LogP contribution < -0.4 is 4.90 Å². The first-order chi connectivity index (χ1) is 16.6. The molecule has 3 aromatic heterocycles. The van der Waals surface area contributed by atoms with Crippen LogP contribution in [0.25, 0.3) is 16.6 Å². The zero-order valence-electron chi connectivity index (χ0n) is 18.8. The number of aliphatic hydroxyl groups excluding tert-OH is 2. The van der Waals surface area contributed by atoms with Crippen molar-refractivity contribution in [3.05, 3.63) is 54.4 Å². The molecule has 0 spiro atoms. The second-order valence-corrected chi connectivity index (χ2v) is 9.27. The summed E-state index contributed by atoms with van der Waals surface area (Å²) in [7, 11) is 0. The van der Waals surface area contributed by atoms with Crippen LogP contribution in [0.1, 0.15) is 25.3 Å². The molecule has 10 heteroatoms. The van der Waals surface area contributed by atoms with Gasteiger partial charge in [-0.2, -0.15) is 0 Å². The van der Waals surface area contributed by atoms with Crippen molar-refractivity contribution in [3.63, 3.8) is 0 Å². The van der Waals surface area contributed by atoms with Crippen molar-refractivity contribution in [1.82, 2.24) is 19.6 Å². The van der Waals surface area contributed by atoms with Crippen molar-refractivity contribution in [1.29, 1.82) is 0 Å². The maximum absolute atomic E-state index is 9.80. The maximum atomic E-state index is 9.80. The van der Waals surface area contributed by atoms with Crippen molar-refractivity contribution >= 4 is 39.7 Å². The first-order valence-electron chi connectivity index (χ1n) is 11.2. The van der Waals surface area contributed by atoms with Gasteiger partial charge in [0.1, 0.15) is 6.61 Å². The summed E-state index contributed by atoms with van der Waals surface area (Å²) in [5.74, 6) is 0. The van der Waals surface area contributed by atoms with Gasteiger partial charge in [-0.15, -0.1) is 10.2 Å². The fourth-order valence-electron chi connectivity index (χ4n) is 3.95. The van der Waals surface area contributed by atoms with Crippen LogP contribution in [-0.4, -0.2) is 67.9 Å². The highest BCUT2D eigenvalue weighted by Crippen LogP contribution is 2.31. The summed E-state index contributed by atoms with van der Waals surface area (Å²) >= 11 is 1.53. The van der Waals surface area contributed by atoms with Crippen LogP contribution in [0.5, 0.6) is 0 Å². The van der Waals surface area contributed by atoms with E-state index in [2.05, 4.69) is 37.4 Å². The number of benzene rings is 1. The predicted molar refractivity (Wildman–Crippen MR) is 132 cm³/mol. The highest BCUT2D eigenvalue weighted by molar-refractivity contribution is 7.99. The van der Waals surface area contributed by atoms with Crippen LogP contribution in [0.4, 0.5) is 5.69 Å². The molecule has 1 saturated heterocycles. The van der Waals surface area contributed by atoms with Crippen LogP contribution >= 0.6 is 11.8 Å². The van der Waals surface area contributed by atoms with E-state index in [0.29, 0.717) is 5.71 Å². The van der Waals surface area contributed by atoms with Crippen molar-refractivity contribution < 1.29 is 15.1 Å². The lowest BCUT2D eigenvalue weighted by Gasteiger charge is -2.31. The number of rotatable bonds is 7. The van der Waals surface area contributed by atoms with Crippen molar-refractivity contribution in [2.45, 2.75) is 35.9 Å². The van der Waals surface area contributed by atoms with Gasteiger partial charge < -0.3 is 20.0 Å². The van der Waals surface area contributed by atoms with E-state index in [1.807, 2.05) is 48.0 Å². The van der Waals surface area contributed by atoms with Gasteiger partial charge in [-0.3, -0.25) is 9.38 Å². The second-order valence-electron chi connectivity index (χ2n) is 8.23. The van der Waals surface area contributed by atoms with Gasteiger partial charge in [0.2, 0.25) is 0 Å². The van der Waals surface area contributed by atoms with Gasteiger partial charge >= 0.3 is 0 Å². The highest BCUT2D eigenvalue weighted by Gasteiger charge is 2.18. The van der Waals surface area contributed by atoms with Gasteiger partial charge in [-0.25, -0.2) is 0 Å². The molecule has 0 unspecified atom stereocenters. The molecular weight excluding hydrogens is 452 g/mol. The van der Waals surface area contributed by atoms with Gasteiger partial charge in [0, 0.05) is 35.1 Å². The summed E-state index contributed by atoms with van der Waals surface area (Å²) in [6.07, 6.45) is 5.22. The lowest BCUT2D eigenvalue weighted by Crippen LogP contribution is -2.35. The Morgan fingerprint density at radius 1 is 1.18 bits per heavy atom. The largest absolute Gasteiger partial charge is 0.393 e. The number of fused-ring (bicyclic) bond motifs is 2. The molecule has 5 rings (SSSR count). The fourth-order valence-corrected chi connectivity index (χ4v) is 4.81. The van der Waals surface area contributed by atoms with E-state index in [1.165, 1.54) is 11.8 Å². The Morgan fingerprint density at radius 2 is 2.03 bits per heavy atom. The Balaban J connectivity index is 1.40. The Morgan fingerprint density at radius 3 is 2.85 bits per heavy atom. The van der Waals surface area contributed by atoms with Crippen LogP contribution in [-0.2, 0) is 4.84 Å².